The molecule has 0 fully saturated rings. The van der Waals surface area contributed by atoms with Crippen molar-refractivity contribution in [2.45, 2.75) is 0 Å². The van der Waals surface area contributed by atoms with Gasteiger partial charge in [-0.2, -0.15) is 10.5 Å². The Balaban J connectivity index is 2.07. The Kier molecular flexibility index (Phi) is 3.44. The van der Waals surface area contributed by atoms with Gasteiger partial charge in [0.2, 0.25) is 0 Å². The fourth-order valence-corrected chi connectivity index (χ4v) is 1.48. The summed E-state index contributed by atoms with van der Waals surface area (Å²) in [5.74, 6) is 0. The van der Waals surface area contributed by atoms with Crippen LogP contribution < -0.4 is 10.9 Å². The van der Waals surface area contributed by atoms with Gasteiger partial charge in [0.25, 0.3) is 0 Å². The van der Waals surface area contributed by atoms with E-state index < -0.39 is 0 Å². The van der Waals surface area contributed by atoms with Gasteiger partial charge in [-0.15, -0.1) is 0 Å². The van der Waals surface area contributed by atoms with Crippen LogP contribution in [0.5, 0.6) is 0 Å². The predicted octanol–water partition coefficient (Wildman–Crippen LogP) is 2.87. The first-order valence-electron chi connectivity index (χ1n) is 5.34. The molecular weight excluding hydrogens is 224 g/mol. The highest BCUT2D eigenvalue weighted by Gasteiger charge is 1.96. The van der Waals surface area contributed by atoms with E-state index in [-0.39, 0.29) is 0 Å². The van der Waals surface area contributed by atoms with Gasteiger partial charge < -0.3 is 10.9 Å². The molecule has 0 aliphatic carbocycles. The first-order valence-corrected chi connectivity index (χ1v) is 5.34. The van der Waals surface area contributed by atoms with Crippen molar-refractivity contribution in [2.75, 3.05) is 10.9 Å². The van der Waals surface area contributed by atoms with Crippen molar-refractivity contribution in [3.05, 3.63) is 59.7 Å². The van der Waals surface area contributed by atoms with Crippen LogP contribution in [-0.4, -0.2) is 0 Å². The van der Waals surface area contributed by atoms with Crippen LogP contribution in [-0.2, 0) is 0 Å². The summed E-state index contributed by atoms with van der Waals surface area (Å²) in [6.07, 6.45) is 0. The number of hydrogen-bond acceptors (Lipinski definition) is 4. The van der Waals surface area contributed by atoms with E-state index in [1.54, 1.807) is 36.4 Å². The smallest absolute Gasteiger partial charge is 0.0992 e. The first-order chi connectivity index (χ1) is 8.81. The SMILES string of the molecule is N#Cc1cccc(NNc2cccc(C#N)c2)c1. The number of anilines is 2. The largest absolute Gasteiger partial charge is 0.301 e. The van der Waals surface area contributed by atoms with Crippen molar-refractivity contribution in [1.82, 2.24) is 0 Å². The highest BCUT2D eigenvalue weighted by atomic mass is 15.4. The molecule has 0 spiro atoms. The van der Waals surface area contributed by atoms with E-state index in [0.29, 0.717) is 11.1 Å². The molecular formula is C14H10N4. The topological polar surface area (TPSA) is 71.6 Å². The highest BCUT2D eigenvalue weighted by molar-refractivity contribution is 5.56. The predicted molar refractivity (Wildman–Crippen MR) is 69.6 cm³/mol. The molecule has 0 radical (unpaired) electrons. The Labute approximate surface area is 105 Å². The average Bonchev–Trinajstić information content (AvgIpc) is 2.45. The van der Waals surface area contributed by atoms with E-state index in [9.17, 15) is 0 Å². The Morgan fingerprint density at radius 2 is 1.17 bits per heavy atom. The summed E-state index contributed by atoms with van der Waals surface area (Å²) in [5.41, 5.74) is 8.71. The first kappa shape index (κ1) is 11.5. The summed E-state index contributed by atoms with van der Waals surface area (Å²) < 4.78 is 0. The van der Waals surface area contributed by atoms with Gasteiger partial charge in [-0.25, -0.2) is 0 Å². The van der Waals surface area contributed by atoms with Crippen molar-refractivity contribution >= 4 is 11.4 Å². The molecule has 0 aliphatic rings. The quantitative estimate of drug-likeness (QED) is 0.801. The zero-order valence-corrected chi connectivity index (χ0v) is 9.51. The standard InChI is InChI=1S/C14H10N4/c15-9-11-3-1-5-13(7-11)17-18-14-6-2-4-12(8-14)10-16/h1-8,17-18H. The van der Waals surface area contributed by atoms with Crippen LogP contribution in [0.1, 0.15) is 11.1 Å². The second kappa shape index (κ2) is 5.38. The van der Waals surface area contributed by atoms with Crippen LogP contribution in [0.3, 0.4) is 0 Å². The maximum atomic E-state index is 8.78. The number of rotatable bonds is 3. The Hall–Kier alpha value is -2.98. The molecule has 0 saturated heterocycles. The maximum Gasteiger partial charge on any atom is 0.0992 e. The molecule has 4 heteroatoms. The molecule has 0 saturated carbocycles. The fraction of sp³-hybridized carbons (Fsp3) is 0. The minimum atomic E-state index is 0.590. The molecule has 2 N–H and O–H groups in total. The summed E-state index contributed by atoms with van der Waals surface area (Å²) in [6, 6.07) is 18.4. The molecule has 2 aromatic rings. The fourth-order valence-electron chi connectivity index (χ4n) is 1.48. The van der Waals surface area contributed by atoms with Gasteiger partial charge in [0.15, 0.2) is 0 Å². The molecule has 0 atom stereocenters. The lowest BCUT2D eigenvalue weighted by atomic mass is 10.2. The molecule has 86 valence electrons. The zero-order valence-electron chi connectivity index (χ0n) is 9.51. The Bertz CT molecular complexity index is 577. The molecule has 0 amide bonds. The van der Waals surface area contributed by atoms with Crippen LogP contribution in [0.2, 0.25) is 0 Å². The van der Waals surface area contributed by atoms with Crippen LogP contribution in [0.4, 0.5) is 11.4 Å². The molecule has 2 aromatic carbocycles. The van der Waals surface area contributed by atoms with Gasteiger partial charge in [-0.1, -0.05) is 12.1 Å². The minimum Gasteiger partial charge on any atom is -0.301 e. The second-order valence-electron chi connectivity index (χ2n) is 3.64. The number of hydrazine groups is 1. The van der Waals surface area contributed by atoms with Gasteiger partial charge in [-0.05, 0) is 36.4 Å². The molecule has 0 aliphatic heterocycles. The average molecular weight is 234 g/mol. The van der Waals surface area contributed by atoms with Gasteiger partial charge in [0.1, 0.15) is 0 Å². The third-order valence-corrected chi connectivity index (χ3v) is 2.33. The van der Waals surface area contributed by atoms with Crippen molar-refractivity contribution in [1.29, 1.82) is 10.5 Å². The number of hydrogen-bond donors (Lipinski definition) is 2. The van der Waals surface area contributed by atoms with E-state index >= 15 is 0 Å². The number of nitrogens with zero attached hydrogens (tertiary/aromatic N) is 2. The summed E-state index contributed by atoms with van der Waals surface area (Å²) in [5, 5.41) is 17.6. The summed E-state index contributed by atoms with van der Waals surface area (Å²) in [4.78, 5) is 0. The molecule has 4 nitrogen and oxygen atoms in total. The van der Waals surface area contributed by atoms with E-state index in [1.165, 1.54) is 0 Å². The number of nitrogens with one attached hydrogen (secondary N) is 2. The second-order valence-corrected chi connectivity index (χ2v) is 3.64. The zero-order chi connectivity index (χ0) is 12.8. The number of nitriles is 2. The van der Waals surface area contributed by atoms with Crippen molar-refractivity contribution in [3.63, 3.8) is 0 Å². The van der Waals surface area contributed by atoms with Crippen LogP contribution in [0, 0.1) is 22.7 Å². The summed E-state index contributed by atoms with van der Waals surface area (Å²) >= 11 is 0. The Morgan fingerprint density at radius 3 is 1.56 bits per heavy atom. The maximum absolute atomic E-state index is 8.78. The van der Waals surface area contributed by atoms with Gasteiger partial charge in [0, 0.05) is 0 Å². The lowest BCUT2D eigenvalue weighted by molar-refractivity contribution is 1.39. The third-order valence-electron chi connectivity index (χ3n) is 2.33. The lowest BCUT2D eigenvalue weighted by Gasteiger charge is -2.09. The van der Waals surface area contributed by atoms with Gasteiger partial charge in [-0.3, -0.25) is 0 Å². The minimum absolute atomic E-state index is 0.590. The summed E-state index contributed by atoms with van der Waals surface area (Å²) in [7, 11) is 0. The van der Waals surface area contributed by atoms with E-state index in [1.807, 2.05) is 12.1 Å². The molecule has 2 rings (SSSR count). The van der Waals surface area contributed by atoms with Crippen molar-refractivity contribution in [3.8, 4) is 12.1 Å². The lowest BCUT2D eigenvalue weighted by Crippen LogP contribution is -2.08. The third kappa shape index (κ3) is 2.78. The normalized spacial score (nSPS) is 9.00. The van der Waals surface area contributed by atoms with E-state index in [4.69, 9.17) is 10.5 Å². The molecule has 0 unspecified atom stereocenters. The Morgan fingerprint density at radius 1 is 0.722 bits per heavy atom. The molecule has 0 aromatic heterocycles. The molecule has 18 heavy (non-hydrogen) atoms. The van der Waals surface area contributed by atoms with Crippen LogP contribution >= 0.6 is 0 Å². The van der Waals surface area contributed by atoms with Crippen molar-refractivity contribution in [2.24, 2.45) is 0 Å². The van der Waals surface area contributed by atoms with Crippen LogP contribution in [0.25, 0.3) is 0 Å². The molecule has 0 heterocycles. The number of benzene rings is 2. The van der Waals surface area contributed by atoms with E-state index in [2.05, 4.69) is 23.0 Å². The summed E-state index contributed by atoms with van der Waals surface area (Å²) in [6.45, 7) is 0. The monoisotopic (exact) mass is 234 g/mol. The molecule has 0 bridgehead atoms. The van der Waals surface area contributed by atoms with Gasteiger partial charge >= 0.3 is 0 Å². The highest BCUT2D eigenvalue weighted by Crippen LogP contribution is 2.13. The van der Waals surface area contributed by atoms with Gasteiger partial charge in [0.05, 0.1) is 34.6 Å². The van der Waals surface area contributed by atoms with Crippen LogP contribution in [0.15, 0.2) is 48.5 Å². The van der Waals surface area contributed by atoms with E-state index in [0.717, 1.165) is 11.4 Å². The van der Waals surface area contributed by atoms with Crippen molar-refractivity contribution < 1.29 is 0 Å².